The highest BCUT2D eigenvalue weighted by atomic mass is 19.3. The number of benzene rings is 1. The van der Waals surface area contributed by atoms with Gasteiger partial charge in [-0.05, 0) is 30.7 Å². The molecule has 0 unspecified atom stereocenters. The van der Waals surface area contributed by atoms with E-state index in [9.17, 15) is 8.78 Å². The van der Waals surface area contributed by atoms with Gasteiger partial charge in [0.15, 0.2) is 0 Å². The summed E-state index contributed by atoms with van der Waals surface area (Å²) in [6.07, 6.45) is -0.438. The summed E-state index contributed by atoms with van der Waals surface area (Å²) in [5.41, 5.74) is 6.59. The van der Waals surface area contributed by atoms with Crippen LogP contribution in [0.5, 0.6) is 11.5 Å². The molecule has 0 saturated carbocycles. The van der Waals surface area contributed by atoms with Gasteiger partial charge in [-0.25, -0.2) is 0 Å². The Kier molecular flexibility index (Phi) is 4.90. The molecule has 1 aromatic rings. The van der Waals surface area contributed by atoms with Gasteiger partial charge in [-0.2, -0.15) is 8.78 Å². The Bertz CT molecular complexity index is 415. The van der Waals surface area contributed by atoms with Gasteiger partial charge in [-0.15, -0.1) is 0 Å². The third-order valence-electron chi connectivity index (χ3n) is 2.31. The lowest BCUT2D eigenvalue weighted by molar-refractivity contribution is 0.397. The molecule has 1 rings (SSSR count). The second-order valence-electron chi connectivity index (χ2n) is 3.38. The van der Waals surface area contributed by atoms with Gasteiger partial charge in [0.25, 0.3) is 6.08 Å². The topological polar surface area (TPSA) is 44.5 Å². The van der Waals surface area contributed by atoms with Gasteiger partial charge in [-0.1, -0.05) is 0 Å². The summed E-state index contributed by atoms with van der Waals surface area (Å²) in [7, 11) is 2.92. The number of rotatable bonds is 5. The van der Waals surface area contributed by atoms with Crippen LogP contribution in [0.1, 0.15) is 11.1 Å². The minimum atomic E-state index is -1.78. The fourth-order valence-corrected chi connectivity index (χ4v) is 1.57. The number of hydrogen-bond donors (Lipinski definition) is 1. The summed E-state index contributed by atoms with van der Waals surface area (Å²) >= 11 is 0. The van der Waals surface area contributed by atoms with Crippen molar-refractivity contribution in [2.45, 2.75) is 6.42 Å². The molecule has 5 heteroatoms. The highest BCUT2D eigenvalue weighted by molar-refractivity contribution is 5.62. The van der Waals surface area contributed by atoms with Crippen LogP contribution < -0.4 is 15.2 Å². The zero-order valence-corrected chi connectivity index (χ0v) is 9.80. The van der Waals surface area contributed by atoms with Crippen molar-refractivity contribution in [3.8, 4) is 11.5 Å². The fourth-order valence-electron chi connectivity index (χ4n) is 1.57. The second kappa shape index (κ2) is 6.20. The average Bonchev–Trinajstić information content (AvgIpc) is 2.30. The molecule has 3 nitrogen and oxygen atoms in total. The van der Waals surface area contributed by atoms with Crippen LogP contribution in [-0.4, -0.2) is 20.8 Å². The first kappa shape index (κ1) is 13.4. The van der Waals surface area contributed by atoms with Crippen LogP contribution in [0.25, 0.3) is 6.08 Å². The Labute approximate surface area is 98.8 Å². The molecule has 0 aliphatic carbocycles. The summed E-state index contributed by atoms with van der Waals surface area (Å²) in [5.74, 6) is 0.908. The normalized spacial score (nSPS) is 9.94. The molecule has 1 aromatic carbocycles. The van der Waals surface area contributed by atoms with Crippen molar-refractivity contribution >= 4 is 6.08 Å². The first-order chi connectivity index (χ1) is 8.12. The maximum Gasteiger partial charge on any atom is 0.271 e. The minimum absolute atomic E-state index is 0.283. The molecule has 0 fully saturated rings. The molecule has 0 bridgehead atoms. The van der Waals surface area contributed by atoms with Crippen molar-refractivity contribution < 1.29 is 18.3 Å². The predicted molar refractivity (Wildman–Crippen MR) is 62.5 cm³/mol. The van der Waals surface area contributed by atoms with E-state index in [1.165, 1.54) is 20.3 Å². The van der Waals surface area contributed by atoms with Gasteiger partial charge >= 0.3 is 0 Å². The highest BCUT2D eigenvalue weighted by Gasteiger charge is 2.10. The maximum absolute atomic E-state index is 12.3. The van der Waals surface area contributed by atoms with Crippen LogP contribution in [0, 0.1) is 0 Å². The smallest absolute Gasteiger partial charge is 0.271 e. The summed E-state index contributed by atoms with van der Waals surface area (Å²) in [6, 6.07) is 3.18. The monoisotopic (exact) mass is 243 g/mol. The molecule has 94 valence electrons. The highest BCUT2D eigenvalue weighted by Crippen LogP contribution is 2.31. The molecule has 0 amide bonds. The van der Waals surface area contributed by atoms with Crippen molar-refractivity contribution in [1.82, 2.24) is 0 Å². The van der Waals surface area contributed by atoms with Crippen molar-refractivity contribution in [2.75, 3.05) is 20.8 Å². The quantitative estimate of drug-likeness (QED) is 0.863. The molecule has 0 aliphatic heterocycles. The third kappa shape index (κ3) is 3.42. The van der Waals surface area contributed by atoms with Crippen LogP contribution in [0.2, 0.25) is 0 Å². The number of ether oxygens (including phenoxy) is 2. The van der Waals surface area contributed by atoms with Gasteiger partial charge in [-0.3, -0.25) is 0 Å². The number of hydrogen-bond acceptors (Lipinski definition) is 3. The zero-order valence-electron chi connectivity index (χ0n) is 9.80. The van der Waals surface area contributed by atoms with E-state index >= 15 is 0 Å². The SMILES string of the molecule is COc1cc(CCN)c(OC)cc1C=C(F)F. The summed E-state index contributed by atoms with van der Waals surface area (Å²) in [6.45, 7) is 0.451. The minimum Gasteiger partial charge on any atom is -0.496 e. The molecule has 0 radical (unpaired) electrons. The first-order valence-electron chi connectivity index (χ1n) is 5.10. The zero-order chi connectivity index (χ0) is 12.8. The Morgan fingerprint density at radius 1 is 1.24 bits per heavy atom. The predicted octanol–water partition coefficient (Wildman–Crippen LogP) is 2.44. The van der Waals surface area contributed by atoms with Crippen molar-refractivity contribution in [3.05, 3.63) is 29.3 Å². The molecule has 0 spiro atoms. The van der Waals surface area contributed by atoms with E-state index < -0.39 is 6.08 Å². The average molecular weight is 243 g/mol. The lowest BCUT2D eigenvalue weighted by atomic mass is 10.1. The number of nitrogens with two attached hydrogens (primary N) is 1. The van der Waals surface area contributed by atoms with Crippen molar-refractivity contribution in [3.63, 3.8) is 0 Å². The van der Waals surface area contributed by atoms with Crippen LogP contribution in [0.3, 0.4) is 0 Å². The van der Waals surface area contributed by atoms with Crippen LogP contribution >= 0.6 is 0 Å². The van der Waals surface area contributed by atoms with E-state index in [4.69, 9.17) is 15.2 Å². The van der Waals surface area contributed by atoms with E-state index in [0.29, 0.717) is 24.5 Å². The molecular weight excluding hydrogens is 228 g/mol. The van der Waals surface area contributed by atoms with Gasteiger partial charge in [0.1, 0.15) is 11.5 Å². The lowest BCUT2D eigenvalue weighted by Gasteiger charge is -2.12. The standard InChI is InChI=1S/C12H15F2NO2/c1-16-10-6-9(7-12(13)14)11(17-2)5-8(10)3-4-15/h5-7H,3-4,15H2,1-2H3. The molecule has 0 aromatic heterocycles. The molecule has 0 atom stereocenters. The lowest BCUT2D eigenvalue weighted by Crippen LogP contribution is -2.05. The maximum atomic E-state index is 12.3. The van der Waals surface area contributed by atoms with E-state index in [-0.39, 0.29) is 5.56 Å². The molecule has 0 aliphatic rings. The summed E-state index contributed by atoms with van der Waals surface area (Å²) in [4.78, 5) is 0. The van der Waals surface area contributed by atoms with Crippen molar-refractivity contribution in [2.24, 2.45) is 5.73 Å². The summed E-state index contributed by atoms with van der Waals surface area (Å²) < 4.78 is 34.7. The second-order valence-corrected chi connectivity index (χ2v) is 3.38. The van der Waals surface area contributed by atoms with E-state index in [2.05, 4.69) is 0 Å². The Balaban J connectivity index is 3.27. The number of methoxy groups -OCH3 is 2. The van der Waals surface area contributed by atoms with Gasteiger partial charge in [0.2, 0.25) is 0 Å². The Morgan fingerprint density at radius 3 is 2.35 bits per heavy atom. The van der Waals surface area contributed by atoms with E-state index in [1.807, 2.05) is 0 Å². The van der Waals surface area contributed by atoms with Gasteiger partial charge < -0.3 is 15.2 Å². The van der Waals surface area contributed by atoms with E-state index in [0.717, 1.165) is 11.6 Å². The van der Waals surface area contributed by atoms with Crippen LogP contribution in [0.4, 0.5) is 8.78 Å². The molecule has 0 saturated heterocycles. The van der Waals surface area contributed by atoms with Crippen LogP contribution in [0.15, 0.2) is 18.2 Å². The van der Waals surface area contributed by atoms with Gasteiger partial charge in [0.05, 0.1) is 14.2 Å². The van der Waals surface area contributed by atoms with Crippen molar-refractivity contribution in [1.29, 1.82) is 0 Å². The number of halogens is 2. The first-order valence-corrected chi connectivity index (χ1v) is 5.10. The molecule has 17 heavy (non-hydrogen) atoms. The summed E-state index contributed by atoms with van der Waals surface area (Å²) in [5, 5.41) is 0. The van der Waals surface area contributed by atoms with Gasteiger partial charge in [0, 0.05) is 11.6 Å². The van der Waals surface area contributed by atoms with E-state index in [1.54, 1.807) is 6.07 Å². The fraction of sp³-hybridized carbons (Fsp3) is 0.333. The Morgan fingerprint density at radius 2 is 1.88 bits per heavy atom. The van der Waals surface area contributed by atoms with Crippen LogP contribution in [-0.2, 0) is 6.42 Å². The molecule has 2 N–H and O–H groups in total. The Hall–Kier alpha value is -1.62. The largest absolute Gasteiger partial charge is 0.496 e. The molecule has 0 heterocycles. The molecular formula is C12H15F2NO2. The third-order valence-corrected chi connectivity index (χ3v) is 2.31.